The minimum absolute atomic E-state index is 0.239. The van der Waals surface area contributed by atoms with Crippen LogP contribution in [0, 0.1) is 13.8 Å². The molecule has 0 aliphatic rings. The van der Waals surface area contributed by atoms with Gasteiger partial charge in [0, 0.05) is 23.1 Å². The van der Waals surface area contributed by atoms with E-state index in [1.54, 1.807) is 23.0 Å². The number of amides is 1. The molecule has 1 amide bonds. The fourth-order valence-electron chi connectivity index (χ4n) is 2.80. The normalized spacial score (nSPS) is 10.7. The number of aromatic nitrogens is 6. The first-order valence-electron chi connectivity index (χ1n) is 8.37. The molecule has 4 rings (SSSR count). The molecule has 134 valence electrons. The number of H-pyrrole nitrogens is 1. The maximum absolute atomic E-state index is 12.5. The minimum Gasteiger partial charge on any atom is -0.322 e. The van der Waals surface area contributed by atoms with E-state index in [1.807, 2.05) is 44.2 Å². The van der Waals surface area contributed by atoms with E-state index >= 15 is 0 Å². The van der Waals surface area contributed by atoms with Crippen molar-refractivity contribution in [1.29, 1.82) is 0 Å². The van der Waals surface area contributed by atoms with E-state index in [4.69, 9.17) is 0 Å². The van der Waals surface area contributed by atoms with Crippen molar-refractivity contribution in [2.45, 2.75) is 13.8 Å². The highest BCUT2D eigenvalue weighted by atomic mass is 16.1. The number of hydrogen-bond acceptors (Lipinski definition) is 5. The third kappa shape index (κ3) is 3.45. The third-order valence-corrected chi connectivity index (χ3v) is 4.05. The second-order valence-corrected chi connectivity index (χ2v) is 6.11. The molecule has 8 nitrogen and oxygen atoms in total. The first kappa shape index (κ1) is 16.6. The largest absolute Gasteiger partial charge is 0.322 e. The van der Waals surface area contributed by atoms with E-state index in [1.165, 1.54) is 6.33 Å². The molecule has 0 aliphatic carbocycles. The molecule has 8 heteroatoms. The second kappa shape index (κ2) is 6.83. The standard InChI is InChI=1S/C19H17N7O/c1-12-8-13(2)26(25-12)17-7-6-15(10-20-17)19(27)23-16-5-3-4-14(9-16)18-21-11-22-24-18/h3-11H,1-2H3,(H,23,27)(H,21,22,24). The predicted molar refractivity (Wildman–Crippen MR) is 101 cm³/mol. The van der Waals surface area contributed by atoms with Gasteiger partial charge in [0.05, 0.1) is 11.3 Å². The van der Waals surface area contributed by atoms with Crippen LogP contribution >= 0.6 is 0 Å². The highest BCUT2D eigenvalue weighted by Gasteiger charge is 2.10. The van der Waals surface area contributed by atoms with Gasteiger partial charge in [-0.15, -0.1) is 0 Å². The molecule has 0 unspecified atom stereocenters. The van der Waals surface area contributed by atoms with E-state index in [2.05, 4.69) is 30.6 Å². The Bertz CT molecular complexity index is 1080. The van der Waals surface area contributed by atoms with Gasteiger partial charge in [0.2, 0.25) is 0 Å². The Morgan fingerprint density at radius 2 is 2.00 bits per heavy atom. The van der Waals surface area contributed by atoms with Crippen LogP contribution in [0.1, 0.15) is 21.7 Å². The number of nitrogens with one attached hydrogen (secondary N) is 2. The molecule has 0 spiro atoms. The maximum Gasteiger partial charge on any atom is 0.257 e. The van der Waals surface area contributed by atoms with E-state index < -0.39 is 0 Å². The summed E-state index contributed by atoms with van der Waals surface area (Å²) in [6, 6.07) is 12.9. The van der Waals surface area contributed by atoms with Crippen LogP contribution in [0.5, 0.6) is 0 Å². The molecule has 0 atom stereocenters. The van der Waals surface area contributed by atoms with Gasteiger partial charge in [-0.1, -0.05) is 12.1 Å². The quantitative estimate of drug-likeness (QED) is 0.583. The number of benzene rings is 1. The van der Waals surface area contributed by atoms with Crippen molar-refractivity contribution in [3.8, 4) is 17.2 Å². The molecule has 3 aromatic heterocycles. The molecule has 0 saturated heterocycles. The average molecular weight is 359 g/mol. The summed E-state index contributed by atoms with van der Waals surface area (Å²) in [6.45, 7) is 3.89. The molecule has 27 heavy (non-hydrogen) atoms. The number of carbonyl (C=O) groups is 1. The van der Waals surface area contributed by atoms with E-state index in [-0.39, 0.29) is 5.91 Å². The van der Waals surface area contributed by atoms with Crippen LogP contribution in [0.25, 0.3) is 17.2 Å². The summed E-state index contributed by atoms with van der Waals surface area (Å²) >= 11 is 0. The number of hydrogen-bond donors (Lipinski definition) is 2. The Morgan fingerprint density at radius 3 is 2.67 bits per heavy atom. The summed E-state index contributed by atoms with van der Waals surface area (Å²) in [4.78, 5) is 21.0. The van der Waals surface area contributed by atoms with E-state index in [9.17, 15) is 4.79 Å². The summed E-state index contributed by atoms with van der Waals surface area (Å²) < 4.78 is 1.75. The van der Waals surface area contributed by atoms with Gasteiger partial charge in [-0.3, -0.25) is 9.89 Å². The molecule has 3 heterocycles. The first-order valence-corrected chi connectivity index (χ1v) is 8.37. The van der Waals surface area contributed by atoms with Crippen LogP contribution < -0.4 is 5.32 Å². The van der Waals surface area contributed by atoms with Crippen LogP contribution in [0.2, 0.25) is 0 Å². The highest BCUT2D eigenvalue weighted by Crippen LogP contribution is 2.19. The van der Waals surface area contributed by atoms with Crippen molar-refractivity contribution in [2.75, 3.05) is 5.32 Å². The first-order chi connectivity index (χ1) is 13.1. The van der Waals surface area contributed by atoms with Crippen molar-refractivity contribution in [1.82, 2.24) is 29.9 Å². The van der Waals surface area contributed by atoms with Crippen molar-refractivity contribution >= 4 is 11.6 Å². The van der Waals surface area contributed by atoms with Crippen LogP contribution in [0.4, 0.5) is 5.69 Å². The van der Waals surface area contributed by atoms with Gasteiger partial charge in [-0.05, 0) is 44.2 Å². The maximum atomic E-state index is 12.5. The van der Waals surface area contributed by atoms with Gasteiger partial charge in [0.1, 0.15) is 6.33 Å². The lowest BCUT2D eigenvalue weighted by Crippen LogP contribution is -2.13. The van der Waals surface area contributed by atoms with Gasteiger partial charge >= 0.3 is 0 Å². The molecule has 1 aromatic carbocycles. The Labute approximate surface area is 155 Å². The van der Waals surface area contributed by atoms with Crippen LogP contribution in [-0.2, 0) is 0 Å². The predicted octanol–water partition coefficient (Wildman–Crippen LogP) is 2.92. The minimum atomic E-state index is -0.239. The monoisotopic (exact) mass is 359 g/mol. The fourth-order valence-corrected chi connectivity index (χ4v) is 2.80. The van der Waals surface area contributed by atoms with Gasteiger partial charge in [-0.25, -0.2) is 14.6 Å². The van der Waals surface area contributed by atoms with Crippen molar-refractivity contribution in [3.05, 3.63) is 71.9 Å². The third-order valence-electron chi connectivity index (χ3n) is 4.05. The van der Waals surface area contributed by atoms with Crippen molar-refractivity contribution < 1.29 is 4.79 Å². The van der Waals surface area contributed by atoms with Gasteiger partial charge in [0.15, 0.2) is 11.6 Å². The molecule has 0 aliphatic heterocycles. The molecule has 0 saturated carbocycles. The fraction of sp³-hybridized carbons (Fsp3) is 0.105. The smallest absolute Gasteiger partial charge is 0.257 e. The summed E-state index contributed by atoms with van der Waals surface area (Å²) in [5.41, 5.74) is 3.87. The summed E-state index contributed by atoms with van der Waals surface area (Å²) in [5.74, 6) is 1.07. The van der Waals surface area contributed by atoms with E-state index in [0.717, 1.165) is 17.0 Å². The number of rotatable bonds is 4. The second-order valence-electron chi connectivity index (χ2n) is 6.11. The van der Waals surface area contributed by atoms with Crippen molar-refractivity contribution in [2.24, 2.45) is 0 Å². The SMILES string of the molecule is Cc1cc(C)n(-c2ccc(C(=O)Nc3cccc(-c4ncn[nH]4)c3)cn2)n1. The lowest BCUT2D eigenvalue weighted by molar-refractivity contribution is 0.102. The Morgan fingerprint density at radius 1 is 1.11 bits per heavy atom. The van der Waals surface area contributed by atoms with Crippen molar-refractivity contribution in [3.63, 3.8) is 0 Å². The van der Waals surface area contributed by atoms with Gasteiger partial charge < -0.3 is 5.32 Å². The molecule has 0 bridgehead atoms. The van der Waals surface area contributed by atoms with Gasteiger partial charge in [0.25, 0.3) is 5.91 Å². The van der Waals surface area contributed by atoms with Gasteiger partial charge in [-0.2, -0.15) is 10.2 Å². The Kier molecular flexibility index (Phi) is 4.21. The average Bonchev–Trinajstić information content (AvgIpc) is 3.32. The van der Waals surface area contributed by atoms with Crippen LogP contribution in [0.3, 0.4) is 0 Å². The molecule has 0 radical (unpaired) electrons. The summed E-state index contributed by atoms with van der Waals surface area (Å²) in [5, 5.41) is 13.9. The zero-order valence-electron chi connectivity index (χ0n) is 14.8. The lowest BCUT2D eigenvalue weighted by atomic mass is 10.2. The molecule has 0 fully saturated rings. The zero-order chi connectivity index (χ0) is 18.8. The van der Waals surface area contributed by atoms with Crippen LogP contribution in [-0.4, -0.2) is 35.9 Å². The molecule has 4 aromatic rings. The molecular formula is C19H17N7O. The van der Waals surface area contributed by atoms with E-state index in [0.29, 0.717) is 22.9 Å². The topological polar surface area (TPSA) is 101 Å². The lowest BCUT2D eigenvalue weighted by Gasteiger charge is -2.08. The Hall–Kier alpha value is -3.81. The zero-order valence-corrected chi connectivity index (χ0v) is 14.8. The van der Waals surface area contributed by atoms with Crippen LogP contribution in [0.15, 0.2) is 55.0 Å². The highest BCUT2D eigenvalue weighted by molar-refractivity contribution is 6.04. The number of carbonyl (C=O) groups excluding carboxylic acids is 1. The Balaban J connectivity index is 1.52. The summed E-state index contributed by atoms with van der Waals surface area (Å²) in [6.07, 6.45) is 2.98. The number of aryl methyl sites for hydroxylation is 2. The number of pyridine rings is 1. The number of aromatic amines is 1. The number of anilines is 1. The number of nitrogens with zero attached hydrogens (tertiary/aromatic N) is 5. The summed E-state index contributed by atoms with van der Waals surface area (Å²) in [7, 11) is 0. The molecule has 2 N–H and O–H groups in total. The molecular weight excluding hydrogens is 342 g/mol.